The van der Waals surface area contributed by atoms with E-state index in [0.717, 1.165) is 32.5 Å². The maximum Gasteiger partial charge on any atom is 0.0805 e. The van der Waals surface area contributed by atoms with E-state index in [4.69, 9.17) is 9.47 Å². The highest BCUT2D eigenvalue weighted by Gasteiger charge is 2.41. The monoisotopic (exact) mass is 257 g/mol. The molecule has 3 atom stereocenters. The number of nitrogens with one attached hydrogen (secondary N) is 1. The van der Waals surface area contributed by atoms with Crippen molar-refractivity contribution in [2.24, 2.45) is 0 Å². The number of hydrogen-bond donors (Lipinski definition) is 1. The Morgan fingerprint density at radius 1 is 1.29 bits per heavy atom. The fraction of sp³-hybridized carbons (Fsp3) is 1.00. The molecule has 3 fully saturated rings. The summed E-state index contributed by atoms with van der Waals surface area (Å²) < 4.78 is 12.3. The first-order valence-corrected chi connectivity index (χ1v) is 8.10. The molecule has 0 amide bonds. The van der Waals surface area contributed by atoms with Gasteiger partial charge in [-0.1, -0.05) is 0 Å². The quantitative estimate of drug-likeness (QED) is 0.817. The lowest BCUT2D eigenvalue weighted by Gasteiger charge is -2.39. The molecular formula is C13H23NO2S. The summed E-state index contributed by atoms with van der Waals surface area (Å²) in [7, 11) is 0. The van der Waals surface area contributed by atoms with Crippen LogP contribution in [0.4, 0.5) is 0 Å². The van der Waals surface area contributed by atoms with Crippen molar-refractivity contribution in [3.05, 3.63) is 0 Å². The third-order valence-electron chi connectivity index (χ3n) is 4.15. The Bertz CT molecular complexity index is 250. The zero-order valence-corrected chi connectivity index (χ0v) is 11.3. The molecule has 0 aromatic carbocycles. The van der Waals surface area contributed by atoms with Crippen LogP contribution in [0.3, 0.4) is 0 Å². The van der Waals surface area contributed by atoms with Gasteiger partial charge in [0.15, 0.2) is 0 Å². The predicted molar refractivity (Wildman–Crippen MR) is 70.6 cm³/mol. The first-order chi connectivity index (χ1) is 8.36. The smallest absolute Gasteiger partial charge is 0.0805 e. The van der Waals surface area contributed by atoms with Crippen LogP contribution in [0.25, 0.3) is 0 Å². The van der Waals surface area contributed by atoms with Crippen LogP contribution < -0.4 is 5.32 Å². The average molecular weight is 257 g/mol. The first-order valence-electron chi connectivity index (χ1n) is 6.94. The van der Waals surface area contributed by atoms with E-state index in [-0.39, 0.29) is 5.60 Å². The third-order valence-corrected chi connectivity index (χ3v) is 5.37. The lowest BCUT2D eigenvalue weighted by molar-refractivity contribution is -0.138. The van der Waals surface area contributed by atoms with Crippen LogP contribution in [-0.2, 0) is 9.47 Å². The first kappa shape index (κ1) is 12.3. The summed E-state index contributed by atoms with van der Waals surface area (Å²) >= 11 is 2.03. The second kappa shape index (κ2) is 5.47. The van der Waals surface area contributed by atoms with E-state index in [0.29, 0.717) is 12.2 Å². The molecule has 3 rings (SSSR count). The Hall–Kier alpha value is 0.230. The molecule has 3 unspecified atom stereocenters. The molecule has 1 N–H and O–H groups in total. The Morgan fingerprint density at radius 2 is 2.29 bits per heavy atom. The molecule has 3 nitrogen and oxygen atoms in total. The van der Waals surface area contributed by atoms with Crippen molar-refractivity contribution < 1.29 is 9.47 Å². The van der Waals surface area contributed by atoms with E-state index >= 15 is 0 Å². The highest BCUT2D eigenvalue weighted by Crippen LogP contribution is 2.39. The fourth-order valence-electron chi connectivity index (χ4n) is 3.17. The molecule has 4 heteroatoms. The summed E-state index contributed by atoms with van der Waals surface area (Å²) in [4.78, 5) is 0. The van der Waals surface area contributed by atoms with Gasteiger partial charge in [0.2, 0.25) is 0 Å². The maximum atomic E-state index is 6.27. The topological polar surface area (TPSA) is 30.5 Å². The molecule has 17 heavy (non-hydrogen) atoms. The number of rotatable bonds is 2. The average Bonchev–Trinajstić information content (AvgIpc) is 2.79. The molecule has 0 aliphatic carbocycles. The molecule has 0 bridgehead atoms. The van der Waals surface area contributed by atoms with Crippen LogP contribution in [-0.4, -0.2) is 49.0 Å². The van der Waals surface area contributed by atoms with E-state index in [9.17, 15) is 0 Å². The largest absolute Gasteiger partial charge is 0.374 e. The van der Waals surface area contributed by atoms with Crippen molar-refractivity contribution in [3.63, 3.8) is 0 Å². The fourth-order valence-corrected chi connectivity index (χ4v) is 4.55. The van der Waals surface area contributed by atoms with Crippen molar-refractivity contribution in [2.75, 3.05) is 31.2 Å². The standard InChI is InChI=1S/C13H23NO2S/c1-2-12(9-14-5-1)16-11-3-6-15-13(8-11)4-7-17-10-13/h11-12,14H,1-10H2. The summed E-state index contributed by atoms with van der Waals surface area (Å²) in [6, 6.07) is 0. The third kappa shape index (κ3) is 2.98. The van der Waals surface area contributed by atoms with E-state index in [1.807, 2.05) is 11.8 Å². The minimum absolute atomic E-state index is 0.162. The number of thioether (sulfide) groups is 1. The molecule has 3 aliphatic heterocycles. The van der Waals surface area contributed by atoms with Crippen LogP contribution in [0.5, 0.6) is 0 Å². The van der Waals surface area contributed by atoms with E-state index in [1.165, 1.54) is 30.8 Å². The molecule has 98 valence electrons. The minimum atomic E-state index is 0.162. The molecule has 0 aromatic heterocycles. The summed E-state index contributed by atoms with van der Waals surface area (Å²) in [5.74, 6) is 2.44. The van der Waals surface area contributed by atoms with Gasteiger partial charge in [-0.15, -0.1) is 0 Å². The van der Waals surface area contributed by atoms with Gasteiger partial charge in [-0.3, -0.25) is 0 Å². The predicted octanol–water partition coefficient (Wildman–Crippen LogP) is 1.81. The Kier molecular flexibility index (Phi) is 3.95. The lowest BCUT2D eigenvalue weighted by Crippen LogP contribution is -2.45. The minimum Gasteiger partial charge on any atom is -0.374 e. The Balaban J connectivity index is 1.52. The van der Waals surface area contributed by atoms with E-state index in [1.54, 1.807) is 0 Å². The van der Waals surface area contributed by atoms with Gasteiger partial charge in [0.1, 0.15) is 0 Å². The second-order valence-electron chi connectivity index (χ2n) is 5.55. The van der Waals surface area contributed by atoms with E-state index < -0.39 is 0 Å². The highest BCUT2D eigenvalue weighted by molar-refractivity contribution is 7.99. The van der Waals surface area contributed by atoms with Gasteiger partial charge in [0.25, 0.3) is 0 Å². The second-order valence-corrected chi connectivity index (χ2v) is 6.66. The van der Waals surface area contributed by atoms with Gasteiger partial charge in [0.05, 0.1) is 17.8 Å². The van der Waals surface area contributed by atoms with Crippen LogP contribution in [0.15, 0.2) is 0 Å². The van der Waals surface area contributed by atoms with Gasteiger partial charge < -0.3 is 14.8 Å². The summed E-state index contributed by atoms with van der Waals surface area (Å²) in [6.07, 6.45) is 6.80. The molecular weight excluding hydrogens is 234 g/mol. The summed E-state index contributed by atoms with van der Waals surface area (Å²) in [5.41, 5.74) is 0.162. The number of ether oxygens (including phenoxy) is 2. The van der Waals surface area contributed by atoms with Crippen LogP contribution in [0, 0.1) is 0 Å². The van der Waals surface area contributed by atoms with E-state index in [2.05, 4.69) is 5.32 Å². The molecule has 3 saturated heterocycles. The van der Waals surface area contributed by atoms with Crippen molar-refractivity contribution in [2.45, 2.75) is 49.9 Å². The molecule has 3 heterocycles. The number of hydrogen-bond acceptors (Lipinski definition) is 4. The summed E-state index contributed by atoms with van der Waals surface area (Å²) in [5, 5.41) is 3.43. The maximum absolute atomic E-state index is 6.27. The molecule has 0 saturated carbocycles. The zero-order chi connectivity index (χ0) is 11.6. The molecule has 0 radical (unpaired) electrons. The van der Waals surface area contributed by atoms with Crippen molar-refractivity contribution in [3.8, 4) is 0 Å². The van der Waals surface area contributed by atoms with Crippen LogP contribution >= 0.6 is 11.8 Å². The van der Waals surface area contributed by atoms with Crippen LogP contribution in [0.2, 0.25) is 0 Å². The Morgan fingerprint density at radius 3 is 3.06 bits per heavy atom. The highest BCUT2D eigenvalue weighted by atomic mass is 32.2. The zero-order valence-electron chi connectivity index (χ0n) is 10.5. The molecule has 0 aromatic rings. The Labute approximate surface area is 108 Å². The van der Waals surface area contributed by atoms with Crippen molar-refractivity contribution >= 4 is 11.8 Å². The molecule has 3 aliphatic rings. The van der Waals surface area contributed by atoms with Gasteiger partial charge >= 0.3 is 0 Å². The van der Waals surface area contributed by atoms with Crippen LogP contribution in [0.1, 0.15) is 32.1 Å². The van der Waals surface area contributed by atoms with Crippen molar-refractivity contribution in [1.82, 2.24) is 5.32 Å². The SMILES string of the molecule is C1CNCC(OC2CCOC3(CCSC3)C2)C1. The van der Waals surface area contributed by atoms with Gasteiger partial charge in [-0.2, -0.15) is 11.8 Å². The van der Waals surface area contributed by atoms with Gasteiger partial charge in [-0.05, 0) is 38.0 Å². The summed E-state index contributed by atoms with van der Waals surface area (Å²) in [6.45, 7) is 3.10. The molecule has 1 spiro atoms. The van der Waals surface area contributed by atoms with Gasteiger partial charge in [-0.25, -0.2) is 0 Å². The lowest BCUT2D eigenvalue weighted by atomic mass is 9.91. The van der Waals surface area contributed by atoms with Gasteiger partial charge in [0, 0.05) is 25.3 Å². The normalized spacial score (nSPS) is 43.1. The number of piperidine rings is 1. The van der Waals surface area contributed by atoms with Crippen molar-refractivity contribution in [1.29, 1.82) is 0 Å².